The molecule has 118 valence electrons. The zero-order valence-corrected chi connectivity index (χ0v) is 13.5. The lowest BCUT2D eigenvalue weighted by Gasteiger charge is -2.31. The predicted molar refractivity (Wildman–Crippen MR) is 82.3 cm³/mol. The Morgan fingerprint density at radius 2 is 2.00 bits per heavy atom. The van der Waals surface area contributed by atoms with Crippen LogP contribution >= 0.6 is 23.2 Å². The molecule has 0 spiro atoms. The summed E-state index contributed by atoms with van der Waals surface area (Å²) in [5.74, 6) is -0.627. The van der Waals surface area contributed by atoms with Gasteiger partial charge >= 0.3 is 10.2 Å². The van der Waals surface area contributed by atoms with Gasteiger partial charge in [0.15, 0.2) is 5.82 Å². The fourth-order valence-electron chi connectivity index (χ4n) is 2.27. The maximum Gasteiger partial charge on any atom is 0.301 e. The van der Waals surface area contributed by atoms with Gasteiger partial charge in [-0.25, -0.2) is 4.39 Å². The van der Waals surface area contributed by atoms with Gasteiger partial charge in [0.25, 0.3) is 0 Å². The van der Waals surface area contributed by atoms with E-state index < -0.39 is 16.0 Å². The molecule has 0 aromatic heterocycles. The fraction of sp³-hybridized carbons (Fsp3) is 0.500. The number of piperidine rings is 1. The van der Waals surface area contributed by atoms with Crippen LogP contribution in [0.2, 0.25) is 10.0 Å². The summed E-state index contributed by atoms with van der Waals surface area (Å²) in [6.45, 7) is 1.24. The fourth-order valence-corrected chi connectivity index (χ4v) is 4.07. The first-order valence-corrected chi connectivity index (χ1v) is 8.65. The Morgan fingerprint density at radius 3 is 2.57 bits per heavy atom. The number of hydrogen-bond acceptors (Lipinski definition) is 3. The number of nitrogens with zero attached hydrogens (tertiary/aromatic N) is 1. The van der Waals surface area contributed by atoms with E-state index in [0.717, 1.165) is 12.8 Å². The summed E-state index contributed by atoms with van der Waals surface area (Å²) in [6.07, 6.45) is 1.67. The van der Waals surface area contributed by atoms with Crippen LogP contribution in [0.5, 0.6) is 0 Å². The third kappa shape index (κ3) is 3.98. The lowest BCUT2D eigenvalue weighted by atomic mass is 10.0. The number of nitrogens with two attached hydrogens (primary N) is 1. The van der Waals surface area contributed by atoms with E-state index in [1.165, 1.54) is 16.4 Å². The van der Waals surface area contributed by atoms with Crippen LogP contribution in [0.3, 0.4) is 0 Å². The molecule has 5 nitrogen and oxygen atoms in total. The normalized spacial score (nSPS) is 20.5. The standard InChI is InChI=1S/C12H16Cl2FN3O2S/c13-10-4-9(5-11(14)12(10)15)17-21(19,20)18-3-1-2-8(6-16)7-18/h4-5,8,17H,1-3,6-7,16H2. The van der Waals surface area contributed by atoms with Gasteiger partial charge in [-0.05, 0) is 37.4 Å². The van der Waals surface area contributed by atoms with E-state index in [-0.39, 0.29) is 21.7 Å². The topological polar surface area (TPSA) is 75.4 Å². The summed E-state index contributed by atoms with van der Waals surface area (Å²) >= 11 is 11.3. The van der Waals surface area contributed by atoms with Gasteiger partial charge < -0.3 is 5.73 Å². The lowest BCUT2D eigenvalue weighted by molar-refractivity contribution is 0.273. The molecule has 0 radical (unpaired) electrons. The van der Waals surface area contributed by atoms with Crippen LogP contribution in [0, 0.1) is 11.7 Å². The third-order valence-electron chi connectivity index (χ3n) is 3.39. The maximum atomic E-state index is 13.3. The molecule has 1 saturated heterocycles. The highest BCUT2D eigenvalue weighted by Crippen LogP contribution is 2.28. The van der Waals surface area contributed by atoms with Crippen LogP contribution in [-0.4, -0.2) is 32.4 Å². The summed E-state index contributed by atoms with van der Waals surface area (Å²) in [7, 11) is -3.74. The molecule has 0 bridgehead atoms. The first kappa shape index (κ1) is 16.8. The van der Waals surface area contributed by atoms with Crippen molar-refractivity contribution in [2.75, 3.05) is 24.4 Å². The van der Waals surface area contributed by atoms with E-state index in [9.17, 15) is 12.8 Å². The molecule has 1 heterocycles. The second kappa shape index (κ2) is 6.66. The molecule has 0 amide bonds. The van der Waals surface area contributed by atoms with Crippen molar-refractivity contribution in [2.24, 2.45) is 11.7 Å². The molecular weight excluding hydrogens is 340 g/mol. The first-order chi connectivity index (χ1) is 9.83. The highest BCUT2D eigenvalue weighted by Gasteiger charge is 2.28. The number of rotatable bonds is 4. The zero-order valence-electron chi connectivity index (χ0n) is 11.2. The van der Waals surface area contributed by atoms with Crippen LogP contribution in [-0.2, 0) is 10.2 Å². The minimum absolute atomic E-state index is 0.126. The molecule has 1 aromatic rings. The van der Waals surface area contributed by atoms with E-state index in [1.54, 1.807) is 0 Å². The second-order valence-corrected chi connectivity index (χ2v) is 7.45. The van der Waals surface area contributed by atoms with E-state index in [1.807, 2.05) is 0 Å². The van der Waals surface area contributed by atoms with Gasteiger partial charge in [-0.3, -0.25) is 4.72 Å². The van der Waals surface area contributed by atoms with Crippen LogP contribution in [0.4, 0.5) is 10.1 Å². The number of halogens is 3. The van der Waals surface area contributed by atoms with Gasteiger partial charge in [-0.1, -0.05) is 23.2 Å². The Bertz CT molecular complexity index is 604. The van der Waals surface area contributed by atoms with Crippen LogP contribution in [0.1, 0.15) is 12.8 Å². The van der Waals surface area contributed by atoms with Crippen molar-refractivity contribution in [3.05, 3.63) is 28.0 Å². The number of anilines is 1. The van der Waals surface area contributed by atoms with Crippen molar-refractivity contribution in [1.82, 2.24) is 4.31 Å². The quantitative estimate of drug-likeness (QED) is 0.814. The minimum atomic E-state index is -3.74. The Balaban J connectivity index is 2.17. The molecule has 2 rings (SSSR count). The van der Waals surface area contributed by atoms with Gasteiger partial charge in [0.2, 0.25) is 0 Å². The Hall–Kier alpha value is -0.600. The molecule has 1 atom stereocenters. The summed E-state index contributed by atoms with van der Waals surface area (Å²) in [5, 5.41) is -0.475. The molecule has 0 aliphatic carbocycles. The number of nitrogens with one attached hydrogen (secondary N) is 1. The molecule has 1 unspecified atom stereocenters. The minimum Gasteiger partial charge on any atom is -0.330 e. The molecule has 1 aromatic carbocycles. The molecule has 0 saturated carbocycles. The van der Waals surface area contributed by atoms with Crippen LogP contribution in [0.15, 0.2) is 12.1 Å². The monoisotopic (exact) mass is 355 g/mol. The largest absolute Gasteiger partial charge is 0.330 e. The molecule has 21 heavy (non-hydrogen) atoms. The summed E-state index contributed by atoms with van der Waals surface area (Å²) in [6, 6.07) is 2.37. The van der Waals surface area contributed by atoms with Gasteiger partial charge in [0.05, 0.1) is 15.7 Å². The van der Waals surface area contributed by atoms with E-state index in [4.69, 9.17) is 28.9 Å². The van der Waals surface area contributed by atoms with Crippen molar-refractivity contribution in [3.63, 3.8) is 0 Å². The number of hydrogen-bond donors (Lipinski definition) is 2. The smallest absolute Gasteiger partial charge is 0.301 e. The van der Waals surface area contributed by atoms with Gasteiger partial charge in [-0.2, -0.15) is 12.7 Å². The van der Waals surface area contributed by atoms with Crippen molar-refractivity contribution < 1.29 is 12.8 Å². The average molecular weight is 356 g/mol. The van der Waals surface area contributed by atoms with Crippen molar-refractivity contribution >= 4 is 39.1 Å². The van der Waals surface area contributed by atoms with Crippen LogP contribution in [0.25, 0.3) is 0 Å². The van der Waals surface area contributed by atoms with Gasteiger partial charge in [0, 0.05) is 13.1 Å². The lowest BCUT2D eigenvalue weighted by Crippen LogP contribution is -2.44. The van der Waals surface area contributed by atoms with Gasteiger partial charge in [0.1, 0.15) is 0 Å². The zero-order chi connectivity index (χ0) is 15.6. The van der Waals surface area contributed by atoms with Crippen molar-refractivity contribution in [1.29, 1.82) is 0 Å². The molecule has 1 aliphatic rings. The SMILES string of the molecule is NCC1CCCN(S(=O)(=O)Nc2cc(Cl)c(F)c(Cl)c2)C1. The molecular formula is C12H16Cl2FN3O2S. The van der Waals surface area contributed by atoms with E-state index >= 15 is 0 Å². The van der Waals surface area contributed by atoms with E-state index in [2.05, 4.69) is 4.72 Å². The Kier molecular flexibility index (Phi) is 5.32. The molecule has 1 fully saturated rings. The summed E-state index contributed by atoms with van der Waals surface area (Å²) in [5.41, 5.74) is 5.73. The highest BCUT2D eigenvalue weighted by atomic mass is 35.5. The Morgan fingerprint density at radius 1 is 1.38 bits per heavy atom. The Labute approximate surface area is 133 Å². The van der Waals surface area contributed by atoms with Crippen LogP contribution < -0.4 is 10.5 Å². The van der Waals surface area contributed by atoms with Crippen molar-refractivity contribution in [2.45, 2.75) is 12.8 Å². The number of benzene rings is 1. The molecule has 9 heteroatoms. The van der Waals surface area contributed by atoms with Gasteiger partial charge in [-0.15, -0.1) is 0 Å². The molecule has 1 aliphatic heterocycles. The van der Waals surface area contributed by atoms with E-state index in [0.29, 0.717) is 19.6 Å². The first-order valence-electron chi connectivity index (χ1n) is 6.46. The predicted octanol–water partition coefficient (Wildman–Crippen LogP) is 2.46. The van der Waals surface area contributed by atoms with Crippen molar-refractivity contribution in [3.8, 4) is 0 Å². The highest BCUT2D eigenvalue weighted by molar-refractivity contribution is 7.90. The average Bonchev–Trinajstić information content (AvgIpc) is 2.44. The molecule has 3 N–H and O–H groups in total. The summed E-state index contributed by atoms with van der Waals surface area (Å²) < 4.78 is 41.7. The second-order valence-electron chi connectivity index (χ2n) is 4.96. The maximum absolute atomic E-state index is 13.3. The third-order valence-corrected chi connectivity index (χ3v) is 5.44. The summed E-state index contributed by atoms with van der Waals surface area (Å²) in [4.78, 5) is 0.